The predicted octanol–water partition coefficient (Wildman–Crippen LogP) is 18.0. The van der Waals surface area contributed by atoms with Gasteiger partial charge in [-0.3, -0.25) is 0 Å². The highest BCUT2D eigenvalue weighted by Gasteiger charge is 2.27. The number of rotatable bonds is 5. The first-order valence-corrected chi connectivity index (χ1v) is 24.9. The molecular formula is C68H42N4. The first-order valence-electron chi connectivity index (χ1n) is 24.9. The van der Waals surface area contributed by atoms with Gasteiger partial charge in [-0.25, -0.2) is 0 Å². The van der Waals surface area contributed by atoms with Crippen molar-refractivity contribution in [2.75, 3.05) is 0 Å². The number of nitrogens with zero attached hydrogens (tertiary/aromatic N) is 4. The van der Waals surface area contributed by atoms with Gasteiger partial charge < -0.3 is 18.3 Å². The van der Waals surface area contributed by atoms with Crippen LogP contribution in [0.4, 0.5) is 0 Å². The molecule has 0 atom stereocenters. The molecule has 0 saturated heterocycles. The summed E-state index contributed by atoms with van der Waals surface area (Å²) in [4.78, 5) is 0. The summed E-state index contributed by atoms with van der Waals surface area (Å²) in [6, 6.07) is 93.9. The number of fused-ring (bicyclic) bond motifs is 20. The maximum absolute atomic E-state index is 2.52. The Kier molecular flexibility index (Phi) is 8.14. The molecule has 4 heterocycles. The monoisotopic (exact) mass is 914 g/mol. The van der Waals surface area contributed by atoms with Crippen LogP contribution in [0.5, 0.6) is 0 Å². The van der Waals surface area contributed by atoms with E-state index in [1.165, 1.54) is 114 Å². The van der Waals surface area contributed by atoms with Crippen LogP contribution in [-0.2, 0) is 0 Å². The summed E-state index contributed by atoms with van der Waals surface area (Å²) in [5.74, 6) is 0. The molecule has 16 aromatic rings. The molecule has 4 heteroatoms. The molecule has 0 fully saturated rings. The van der Waals surface area contributed by atoms with E-state index in [4.69, 9.17) is 0 Å². The molecule has 0 saturated carbocycles. The third-order valence-electron chi connectivity index (χ3n) is 15.5. The maximum atomic E-state index is 2.52. The average molecular weight is 915 g/mol. The number of hydrogen-bond donors (Lipinski definition) is 0. The molecular weight excluding hydrogens is 873 g/mol. The van der Waals surface area contributed by atoms with Gasteiger partial charge in [0.05, 0.1) is 44.1 Å². The molecule has 4 aromatic heterocycles. The Morgan fingerprint density at radius 3 is 1.03 bits per heavy atom. The van der Waals surface area contributed by atoms with E-state index in [2.05, 4.69) is 273 Å². The summed E-state index contributed by atoms with van der Waals surface area (Å²) >= 11 is 0. The molecule has 0 bridgehead atoms. The van der Waals surface area contributed by atoms with Gasteiger partial charge in [0.2, 0.25) is 0 Å². The van der Waals surface area contributed by atoms with Crippen LogP contribution in [-0.4, -0.2) is 18.3 Å². The minimum absolute atomic E-state index is 1.13. The van der Waals surface area contributed by atoms with Gasteiger partial charge in [0.15, 0.2) is 0 Å². The highest BCUT2D eigenvalue weighted by atomic mass is 15.0. The lowest BCUT2D eigenvalue weighted by atomic mass is 9.96. The van der Waals surface area contributed by atoms with Gasteiger partial charge in [-0.2, -0.15) is 0 Å². The van der Waals surface area contributed by atoms with Crippen molar-refractivity contribution < 1.29 is 0 Å². The summed E-state index contributed by atoms with van der Waals surface area (Å²) < 4.78 is 10.0. The zero-order valence-electron chi connectivity index (χ0n) is 39.0. The lowest BCUT2D eigenvalue weighted by molar-refractivity contribution is 1.15. The zero-order chi connectivity index (χ0) is 47.0. The van der Waals surface area contributed by atoms with Gasteiger partial charge in [-0.1, -0.05) is 176 Å². The van der Waals surface area contributed by atoms with Crippen LogP contribution in [0.15, 0.2) is 255 Å². The van der Waals surface area contributed by atoms with Crippen LogP contribution in [0, 0.1) is 0 Å². The minimum Gasteiger partial charge on any atom is -0.309 e. The topological polar surface area (TPSA) is 19.7 Å². The first kappa shape index (κ1) is 39.2. The summed E-state index contributed by atoms with van der Waals surface area (Å²) in [6.45, 7) is 0. The molecule has 0 aliphatic heterocycles. The average Bonchev–Trinajstić information content (AvgIpc) is 4.20. The third kappa shape index (κ3) is 5.30. The van der Waals surface area contributed by atoms with Crippen LogP contribution in [0.3, 0.4) is 0 Å². The lowest BCUT2D eigenvalue weighted by Crippen LogP contribution is -1.98. The van der Waals surface area contributed by atoms with Crippen molar-refractivity contribution in [1.82, 2.24) is 18.3 Å². The first-order chi connectivity index (χ1) is 35.8. The fraction of sp³-hybridized carbons (Fsp3) is 0. The quantitative estimate of drug-likeness (QED) is 0.164. The van der Waals surface area contributed by atoms with Crippen LogP contribution in [0.2, 0.25) is 0 Å². The predicted molar refractivity (Wildman–Crippen MR) is 304 cm³/mol. The Balaban J connectivity index is 1.05. The molecule has 0 N–H and O–H groups in total. The van der Waals surface area contributed by atoms with E-state index in [-0.39, 0.29) is 0 Å². The van der Waals surface area contributed by atoms with Crippen molar-refractivity contribution in [2.24, 2.45) is 0 Å². The second-order valence-electron chi connectivity index (χ2n) is 19.2. The van der Waals surface area contributed by atoms with Crippen molar-refractivity contribution in [3.8, 4) is 33.9 Å². The minimum atomic E-state index is 1.13. The maximum Gasteiger partial charge on any atom is 0.0795 e. The normalized spacial score (nSPS) is 12.2. The van der Waals surface area contributed by atoms with Gasteiger partial charge in [0, 0.05) is 71.2 Å². The van der Waals surface area contributed by atoms with Crippen molar-refractivity contribution >= 4 is 109 Å². The lowest BCUT2D eigenvalue weighted by Gasteiger charge is -2.13. The van der Waals surface area contributed by atoms with E-state index >= 15 is 0 Å². The van der Waals surface area contributed by atoms with E-state index in [0.717, 1.165) is 28.3 Å². The smallest absolute Gasteiger partial charge is 0.0795 e. The Hall–Kier alpha value is -9.64. The van der Waals surface area contributed by atoms with Crippen LogP contribution in [0.25, 0.3) is 143 Å². The Labute approximate surface area is 413 Å². The fourth-order valence-electron chi connectivity index (χ4n) is 12.6. The summed E-state index contributed by atoms with van der Waals surface area (Å²) in [6.07, 6.45) is 0. The Bertz CT molecular complexity index is 4880. The molecule has 0 unspecified atom stereocenters. The van der Waals surface area contributed by atoms with E-state index in [0.29, 0.717) is 0 Å². The molecule has 334 valence electrons. The molecule has 4 nitrogen and oxygen atoms in total. The second-order valence-corrected chi connectivity index (χ2v) is 19.2. The second kappa shape index (κ2) is 14.9. The van der Waals surface area contributed by atoms with Gasteiger partial charge >= 0.3 is 0 Å². The highest BCUT2D eigenvalue weighted by Crippen LogP contribution is 2.50. The van der Waals surface area contributed by atoms with Crippen molar-refractivity contribution in [3.05, 3.63) is 255 Å². The number of aromatic nitrogens is 4. The summed E-state index contributed by atoms with van der Waals surface area (Å²) in [5, 5.41) is 15.0. The number of para-hydroxylation sites is 6. The van der Waals surface area contributed by atoms with Gasteiger partial charge in [-0.05, 0) is 106 Å². The number of hydrogen-bond acceptors (Lipinski definition) is 0. The zero-order valence-corrected chi connectivity index (χ0v) is 39.0. The highest BCUT2D eigenvalue weighted by molar-refractivity contribution is 6.38. The van der Waals surface area contributed by atoms with E-state index in [9.17, 15) is 0 Å². The molecule has 72 heavy (non-hydrogen) atoms. The van der Waals surface area contributed by atoms with Crippen molar-refractivity contribution in [1.29, 1.82) is 0 Å². The SMILES string of the molecule is c1ccc(-n2c3cc(-c4ccc5c(c4)c4c6ccccc6c6c7ccccc7n(-c7ccccc7)c6c4n5-c4ccccc4)ccc3c3c2c2ccccc2c2c4ccccc4n(-c4ccccc4)c23)cc1. The molecule has 0 amide bonds. The third-order valence-corrected chi connectivity index (χ3v) is 15.5. The Morgan fingerprint density at radius 1 is 0.181 bits per heavy atom. The molecule has 16 rings (SSSR count). The fourth-order valence-corrected chi connectivity index (χ4v) is 12.6. The van der Waals surface area contributed by atoms with Crippen LogP contribution >= 0.6 is 0 Å². The van der Waals surface area contributed by atoms with Gasteiger partial charge in [0.1, 0.15) is 0 Å². The Morgan fingerprint density at radius 2 is 0.514 bits per heavy atom. The van der Waals surface area contributed by atoms with Crippen LogP contribution in [0.1, 0.15) is 0 Å². The van der Waals surface area contributed by atoms with Crippen LogP contribution < -0.4 is 0 Å². The van der Waals surface area contributed by atoms with Gasteiger partial charge in [0.25, 0.3) is 0 Å². The van der Waals surface area contributed by atoms with Crippen molar-refractivity contribution in [3.63, 3.8) is 0 Å². The molecule has 0 aliphatic carbocycles. The summed E-state index contributed by atoms with van der Waals surface area (Å²) in [5.41, 5.74) is 16.5. The molecule has 0 spiro atoms. The van der Waals surface area contributed by atoms with Crippen molar-refractivity contribution in [2.45, 2.75) is 0 Å². The van der Waals surface area contributed by atoms with E-state index in [1.54, 1.807) is 0 Å². The molecule has 0 radical (unpaired) electrons. The number of benzene rings is 12. The van der Waals surface area contributed by atoms with Gasteiger partial charge in [-0.15, -0.1) is 0 Å². The standard InChI is InChI=1S/C68H42N4/c1-5-21-45(22-6-1)69-57-35-19-17-33-53(57)61-51-31-15-16-32-52(51)65-64(66(61)69)55-39-37-44(42-60(55)72(65)48-27-11-4-12-28-48)43-38-40-59-56(41-43)63-50-30-14-13-29-49(50)62-54-34-18-20-36-58(54)70(46-23-7-2-8-24-46)67(62)68(63)71(59)47-25-9-3-10-26-47/h1-42H. The summed E-state index contributed by atoms with van der Waals surface area (Å²) in [7, 11) is 0. The largest absolute Gasteiger partial charge is 0.309 e. The molecule has 12 aromatic carbocycles. The van der Waals surface area contributed by atoms with E-state index < -0.39 is 0 Å². The van der Waals surface area contributed by atoms with E-state index in [1.807, 2.05) is 0 Å². The molecule has 0 aliphatic rings.